The molecule has 0 saturated carbocycles. The van der Waals surface area contributed by atoms with E-state index < -0.39 is 30.1 Å². The maximum absolute atomic E-state index is 13.0. The van der Waals surface area contributed by atoms with Gasteiger partial charge in [-0.2, -0.15) is 13.2 Å². The third kappa shape index (κ3) is 3.80. The van der Waals surface area contributed by atoms with Crippen LogP contribution in [0.2, 0.25) is 5.02 Å². The van der Waals surface area contributed by atoms with E-state index in [1.54, 1.807) is 6.08 Å². The zero-order valence-corrected chi connectivity index (χ0v) is 14.8. The normalized spacial score (nSPS) is 20.5. The van der Waals surface area contributed by atoms with E-state index in [1.165, 1.54) is 12.1 Å². The number of rotatable bonds is 3. The first kappa shape index (κ1) is 19.3. The fraction of sp³-hybridized carbons (Fsp3) is 0.500. The van der Waals surface area contributed by atoms with Crippen molar-refractivity contribution < 1.29 is 22.5 Å². The SMILES string of the molecule is CC1(C)OB(C(=Cc2ccc(Cl)c(C(F)(F)F)c2)CN)OC1(C)C. The molecule has 0 amide bonds. The minimum absolute atomic E-state index is 0.0980. The molecular formula is C16H20BClF3NO2. The quantitative estimate of drug-likeness (QED) is 0.815. The molecule has 24 heavy (non-hydrogen) atoms. The number of hydrogen-bond acceptors (Lipinski definition) is 3. The molecule has 1 saturated heterocycles. The van der Waals surface area contributed by atoms with Crippen molar-refractivity contribution in [3.8, 4) is 0 Å². The smallest absolute Gasteiger partial charge is 0.400 e. The first-order valence-corrected chi connectivity index (χ1v) is 7.88. The molecule has 1 aliphatic heterocycles. The van der Waals surface area contributed by atoms with E-state index in [0.29, 0.717) is 11.0 Å². The van der Waals surface area contributed by atoms with Crippen LogP contribution in [0.15, 0.2) is 23.7 Å². The molecule has 2 rings (SSSR count). The molecule has 0 radical (unpaired) electrons. The topological polar surface area (TPSA) is 44.5 Å². The van der Waals surface area contributed by atoms with Crippen LogP contribution in [0.1, 0.15) is 38.8 Å². The molecule has 0 bridgehead atoms. The Bertz CT molecular complexity index is 643. The van der Waals surface area contributed by atoms with Crippen molar-refractivity contribution in [2.45, 2.75) is 45.1 Å². The largest absolute Gasteiger partial charge is 0.491 e. The number of benzene rings is 1. The molecule has 1 heterocycles. The van der Waals surface area contributed by atoms with Gasteiger partial charge in [0.25, 0.3) is 0 Å². The Kier molecular flexibility index (Phi) is 5.13. The highest BCUT2D eigenvalue weighted by atomic mass is 35.5. The van der Waals surface area contributed by atoms with Gasteiger partial charge in [-0.3, -0.25) is 0 Å². The van der Waals surface area contributed by atoms with Crippen LogP contribution in [-0.4, -0.2) is 24.9 Å². The highest BCUT2D eigenvalue weighted by Crippen LogP contribution is 2.39. The Labute approximate surface area is 145 Å². The van der Waals surface area contributed by atoms with Gasteiger partial charge in [-0.25, -0.2) is 0 Å². The second kappa shape index (κ2) is 6.37. The molecule has 0 aromatic heterocycles. The van der Waals surface area contributed by atoms with Gasteiger partial charge in [-0.15, -0.1) is 0 Å². The Hall–Kier alpha value is -1.02. The Morgan fingerprint density at radius 3 is 2.21 bits per heavy atom. The Morgan fingerprint density at radius 1 is 1.21 bits per heavy atom. The average molecular weight is 362 g/mol. The van der Waals surface area contributed by atoms with E-state index in [9.17, 15) is 13.2 Å². The Morgan fingerprint density at radius 2 is 1.75 bits per heavy atom. The van der Waals surface area contributed by atoms with Gasteiger partial charge in [-0.1, -0.05) is 23.7 Å². The summed E-state index contributed by atoms with van der Waals surface area (Å²) in [4.78, 5) is 0. The molecule has 132 valence electrons. The van der Waals surface area contributed by atoms with Crippen molar-refractivity contribution in [1.82, 2.24) is 0 Å². The van der Waals surface area contributed by atoms with Crippen molar-refractivity contribution in [3.05, 3.63) is 39.8 Å². The van der Waals surface area contributed by atoms with Gasteiger partial charge in [0.2, 0.25) is 0 Å². The highest BCUT2D eigenvalue weighted by Gasteiger charge is 2.52. The number of halogens is 4. The average Bonchev–Trinajstić information content (AvgIpc) is 2.65. The number of nitrogens with two attached hydrogens (primary N) is 1. The van der Waals surface area contributed by atoms with Crippen molar-refractivity contribution in [2.24, 2.45) is 5.73 Å². The molecule has 1 aromatic carbocycles. The van der Waals surface area contributed by atoms with Crippen LogP contribution >= 0.6 is 11.6 Å². The summed E-state index contributed by atoms with van der Waals surface area (Å²) in [5, 5.41) is -0.343. The van der Waals surface area contributed by atoms with Gasteiger partial charge >= 0.3 is 13.3 Å². The van der Waals surface area contributed by atoms with Crippen LogP contribution in [0.25, 0.3) is 6.08 Å². The summed E-state index contributed by atoms with van der Waals surface area (Å²) in [6, 6.07) is 3.70. The van der Waals surface area contributed by atoms with Crippen molar-refractivity contribution in [3.63, 3.8) is 0 Å². The van der Waals surface area contributed by atoms with Crippen molar-refractivity contribution >= 4 is 24.8 Å². The Balaban J connectivity index is 2.36. The molecule has 1 aliphatic rings. The number of alkyl halides is 3. The van der Waals surface area contributed by atoms with E-state index in [1.807, 2.05) is 27.7 Å². The van der Waals surface area contributed by atoms with E-state index >= 15 is 0 Å². The summed E-state index contributed by atoms with van der Waals surface area (Å²) >= 11 is 5.64. The van der Waals surface area contributed by atoms with Gasteiger partial charge < -0.3 is 15.0 Å². The standard InChI is InChI=1S/C16H20BClF3NO2/c1-14(2)15(3,4)24-17(23-14)11(9-22)7-10-5-6-13(18)12(8-10)16(19,20)21/h5-8H,9,22H2,1-4H3. The van der Waals surface area contributed by atoms with Crippen molar-refractivity contribution in [2.75, 3.05) is 6.54 Å². The number of hydrogen-bond donors (Lipinski definition) is 1. The van der Waals surface area contributed by atoms with E-state index in [-0.39, 0.29) is 11.6 Å². The maximum atomic E-state index is 13.0. The molecule has 3 nitrogen and oxygen atoms in total. The van der Waals surface area contributed by atoms with Crippen LogP contribution in [0.3, 0.4) is 0 Å². The fourth-order valence-corrected chi connectivity index (χ4v) is 2.51. The lowest BCUT2D eigenvalue weighted by molar-refractivity contribution is -0.137. The van der Waals surface area contributed by atoms with Gasteiger partial charge in [0.15, 0.2) is 0 Å². The monoisotopic (exact) mass is 361 g/mol. The van der Waals surface area contributed by atoms with Crippen LogP contribution < -0.4 is 5.73 Å². The summed E-state index contributed by atoms with van der Waals surface area (Å²) in [5.74, 6) is 0. The van der Waals surface area contributed by atoms with Crippen LogP contribution in [0, 0.1) is 0 Å². The van der Waals surface area contributed by atoms with E-state index in [4.69, 9.17) is 26.6 Å². The third-order valence-electron chi connectivity index (χ3n) is 4.44. The van der Waals surface area contributed by atoms with E-state index in [0.717, 1.165) is 6.07 Å². The van der Waals surface area contributed by atoms with Gasteiger partial charge in [-0.05, 0) is 50.9 Å². The van der Waals surface area contributed by atoms with Crippen LogP contribution in [0.4, 0.5) is 13.2 Å². The second-order valence-corrected chi connectivity index (χ2v) is 7.16. The highest BCUT2D eigenvalue weighted by molar-refractivity contribution is 6.55. The minimum Gasteiger partial charge on any atom is -0.400 e. The van der Waals surface area contributed by atoms with E-state index in [2.05, 4.69) is 0 Å². The predicted octanol–water partition coefficient (Wildman–Crippen LogP) is 4.33. The molecule has 1 fully saturated rings. The summed E-state index contributed by atoms with van der Waals surface area (Å²) in [7, 11) is -0.704. The molecular weight excluding hydrogens is 341 g/mol. The van der Waals surface area contributed by atoms with Gasteiger partial charge in [0, 0.05) is 6.54 Å². The summed E-state index contributed by atoms with van der Waals surface area (Å²) in [6.45, 7) is 7.67. The van der Waals surface area contributed by atoms with Gasteiger partial charge in [0.05, 0.1) is 21.8 Å². The van der Waals surface area contributed by atoms with Crippen LogP contribution in [-0.2, 0) is 15.5 Å². The summed E-state index contributed by atoms with van der Waals surface area (Å²) < 4.78 is 50.7. The van der Waals surface area contributed by atoms with Crippen molar-refractivity contribution in [1.29, 1.82) is 0 Å². The summed E-state index contributed by atoms with van der Waals surface area (Å²) in [5.41, 5.74) is 4.66. The zero-order chi connectivity index (χ0) is 18.3. The lowest BCUT2D eigenvalue weighted by Gasteiger charge is -2.32. The minimum atomic E-state index is -4.52. The first-order valence-electron chi connectivity index (χ1n) is 7.50. The molecule has 0 spiro atoms. The molecule has 0 unspecified atom stereocenters. The predicted molar refractivity (Wildman–Crippen MR) is 89.6 cm³/mol. The van der Waals surface area contributed by atoms with Gasteiger partial charge in [0.1, 0.15) is 0 Å². The molecule has 1 aromatic rings. The lowest BCUT2D eigenvalue weighted by Crippen LogP contribution is -2.41. The second-order valence-electron chi connectivity index (χ2n) is 6.75. The third-order valence-corrected chi connectivity index (χ3v) is 4.77. The molecule has 2 N–H and O–H groups in total. The first-order chi connectivity index (χ1) is 10.9. The fourth-order valence-electron chi connectivity index (χ4n) is 2.28. The van der Waals surface area contributed by atoms with Crippen LogP contribution in [0.5, 0.6) is 0 Å². The molecule has 0 atom stereocenters. The maximum Gasteiger partial charge on any atom is 0.491 e. The zero-order valence-electron chi connectivity index (χ0n) is 14.0. The molecule has 8 heteroatoms. The summed E-state index contributed by atoms with van der Waals surface area (Å²) in [6.07, 6.45) is -2.97. The molecule has 0 aliphatic carbocycles. The lowest BCUT2D eigenvalue weighted by atomic mass is 9.77.